The Labute approximate surface area is 141 Å². The minimum atomic E-state index is -0.393. The maximum Gasteiger partial charge on any atom is 0.251 e. The molecule has 3 atom stereocenters. The van der Waals surface area contributed by atoms with E-state index in [9.17, 15) is 14.9 Å². The molecule has 0 aromatic carbocycles. The second-order valence-corrected chi connectivity index (χ2v) is 6.66. The van der Waals surface area contributed by atoms with E-state index >= 15 is 0 Å². The third-order valence-corrected chi connectivity index (χ3v) is 4.89. The molecule has 2 aliphatic carbocycles. The first-order valence-corrected chi connectivity index (χ1v) is 8.60. The van der Waals surface area contributed by atoms with Crippen LogP contribution in [-0.2, 0) is 4.79 Å². The Kier molecular flexibility index (Phi) is 5.09. The lowest BCUT2D eigenvalue weighted by Crippen LogP contribution is -2.50. The van der Waals surface area contributed by atoms with Crippen molar-refractivity contribution in [3.05, 3.63) is 30.1 Å². The molecule has 0 unspecified atom stereocenters. The molecule has 2 amide bonds. The van der Waals surface area contributed by atoms with E-state index in [0.717, 1.165) is 38.5 Å². The molecule has 2 aliphatic rings. The first-order valence-electron chi connectivity index (χ1n) is 8.60. The lowest BCUT2D eigenvalue weighted by Gasteiger charge is -2.31. The van der Waals surface area contributed by atoms with E-state index in [1.54, 1.807) is 24.5 Å². The van der Waals surface area contributed by atoms with Gasteiger partial charge in [-0.2, -0.15) is 5.26 Å². The zero-order valence-corrected chi connectivity index (χ0v) is 13.6. The summed E-state index contributed by atoms with van der Waals surface area (Å²) in [6.45, 7) is 0. The summed E-state index contributed by atoms with van der Waals surface area (Å²) >= 11 is 0. The maximum absolute atomic E-state index is 12.6. The molecule has 1 aromatic heterocycles. The average Bonchev–Trinajstić information content (AvgIpc) is 3.45. The van der Waals surface area contributed by atoms with Crippen LogP contribution in [-0.4, -0.2) is 28.9 Å². The van der Waals surface area contributed by atoms with E-state index in [1.165, 1.54) is 0 Å². The fourth-order valence-electron chi connectivity index (χ4n) is 3.32. The van der Waals surface area contributed by atoms with Crippen LogP contribution < -0.4 is 10.6 Å². The molecule has 2 N–H and O–H groups in total. The van der Waals surface area contributed by atoms with Crippen molar-refractivity contribution in [2.24, 2.45) is 11.8 Å². The van der Waals surface area contributed by atoms with Gasteiger partial charge in [0.15, 0.2) is 0 Å². The Morgan fingerprint density at radius 2 is 1.88 bits per heavy atom. The van der Waals surface area contributed by atoms with Gasteiger partial charge in [0.05, 0.1) is 12.0 Å². The van der Waals surface area contributed by atoms with Crippen LogP contribution in [0.2, 0.25) is 0 Å². The number of carbonyl (C=O) groups is 2. The van der Waals surface area contributed by atoms with Crippen molar-refractivity contribution in [2.75, 3.05) is 0 Å². The summed E-state index contributed by atoms with van der Waals surface area (Å²) in [6.07, 6.45) is 8.66. The monoisotopic (exact) mass is 326 g/mol. The minimum Gasteiger partial charge on any atom is -0.349 e. The lowest BCUT2D eigenvalue weighted by atomic mass is 9.83. The highest BCUT2D eigenvalue weighted by Gasteiger charge is 2.37. The number of amides is 2. The van der Waals surface area contributed by atoms with Crippen LogP contribution in [0, 0.1) is 23.2 Å². The molecule has 2 fully saturated rings. The second kappa shape index (κ2) is 7.43. The van der Waals surface area contributed by atoms with Gasteiger partial charge in [-0.1, -0.05) is 12.8 Å². The van der Waals surface area contributed by atoms with E-state index in [1.807, 2.05) is 0 Å². The lowest BCUT2D eigenvalue weighted by molar-refractivity contribution is -0.127. The summed E-state index contributed by atoms with van der Waals surface area (Å²) in [4.78, 5) is 28.9. The molecule has 0 spiro atoms. The molecule has 0 bridgehead atoms. The van der Waals surface area contributed by atoms with Crippen molar-refractivity contribution < 1.29 is 9.59 Å². The first-order chi connectivity index (χ1) is 11.7. The zero-order valence-electron chi connectivity index (χ0n) is 13.6. The topological polar surface area (TPSA) is 94.9 Å². The van der Waals surface area contributed by atoms with Crippen LogP contribution in [0.5, 0.6) is 0 Å². The molecular formula is C18H22N4O2. The van der Waals surface area contributed by atoms with Crippen molar-refractivity contribution in [1.82, 2.24) is 15.6 Å². The number of hydrogen-bond acceptors (Lipinski definition) is 4. The van der Waals surface area contributed by atoms with E-state index in [-0.39, 0.29) is 23.8 Å². The highest BCUT2D eigenvalue weighted by molar-refractivity contribution is 5.94. The van der Waals surface area contributed by atoms with Crippen LogP contribution in [0.25, 0.3) is 0 Å². The van der Waals surface area contributed by atoms with Crippen molar-refractivity contribution in [3.8, 4) is 6.07 Å². The fraction of sp³-hybridized carbons (Fsp3) is 0.556. The number of pyridine rings is 1. The summed E-state index contributed by atoms with van der Waals surface area (Å²) < 4.78 is 0. The molecule has 126 valence electrons. The van der Waals surface area contributed by atoms with Gasteiger partial charge in [0, 0.05) is 24.0 Å². The van der Waals surface area contributed by atoms with E-state index in [2.05, 4.69) is 21.7 Å². The number of nitriles is 1. The molecule has 24 heavy (non-hydrogen) atoms. The van der Waals surface area contributed by atoms with Gasteiger partial charge in [-0.25, -0.2) is 0 Å². The highest BCUT2D eigenvalue weighted by Crippen LogP contribution is 2.33. The molecule has 6 nitrogen and oxygen atoms in total. The fourth-order valence-corrected chi connectivity index (χ4v) is 3.32. The predicted octanol–water partition coefficient (Wildman–Crippen LogP) is 1.79. The Balaban J connectivity index is 1.63. The average molecular weight is 326 g/mol. The Morgan fingerprint density at radius 1 is 1.17 bits per heavy atom. The molecule has 3 rings (SSSR count). The van der Waals surface area contributed by atoms with Gasteiger partial charge in [-0.3, -0.25) is 14.6 Å². The van der Waals surface area contributed by atoms with E-state index in [4.69, 9.17) is 0 Å². The number of carbonyl (C=O) groups excluding carboxylic acids is 2. The minimum absolute atomic E-state index is 0.104. The number of rotatable bonds is 5. The van der Waals surface area contributed by atoms with Gasteiger partial charge >= 0.3 is 0 Å². The van der Waals surface area contributed by atoms with Gasteiger partial charge < -0.3 is 10.6 Å². The number of nitrogens with one attached hydrogen (secondary N) is 2. The molecule has 0 saturated heterocycles. The van der Waals surface area contributed by atoms with Gasteiger partial charge in [0.2, 0.25) is 5.91 Å². The van der Waals surface area contributed by atoms with Crippen LogP contribution >= 0.6 is 0 Å². The summed E-state index contributed by atoms with van der Waals surface area (Å²) in [6, 6.07) is 4.93. The van der Waals surface area contributed by atoms with Gasteiger partial charge in [0.25, 0.3) is 5.91 Å². The van der Waals surface area contributed by atoms with Gasteiger partial charge in [-0.15, -0.1) is 0 Å². The van der Waals surface area contributed by atoms with Gasteiger partial charge in [-0.05, 0) is 43.7 Å². The third kappa shape index (κ3) is 3.91. The summed E-state index contributed by atoms with van der Waals surface area (Å²) in [5, 5.41) is 15.1. The van der Waals surface area contributed by atoms with Crippen molar-refractivity contribution >= 4 is 11.8 Å². The Hall–Kier alpha value is -2.42. The smallest absolute Gasteiger partial charge is 0.251 e. The van der Waals surface area contributed by atoms with Crippen LogP contribution in [0.3, 0.4) is 0 Å². The number of aromatic nitrogens is 1. The number of hydrogen-bond donors (Lipinski definition) is 2. The maximum atomic E-state index is 12.6. The van der Waals surface area contributed by atoms with Gasteiger partial charge in [0.1, 0.15) is 6.04 Å². The van der Waals surface area contributed by atoms with E-state index < -0.39 is 6.04 Å². The molecule has 2 saturated carbocycles. The largest absolute Gasteiger partial charge is 0.349 e. The molecule has 0 radical (unpaired) electrons. The predicted molar refractivity (Wildman–Crippen MR) is 87.7 cm³/mol. The summed E-state index contributed by atoms with van der Waals surface area (Å²) in [7, 11) is 0. The highest BCUT2D eigenvalue weighted by atomic mass is 16.2. The van der Waals surface area contributed by atoms with Crippen molar-refractivity contribution in [3.63, 3.8) is 0 Å². The van der Waals surface area contributed by atoms with Crippen molar-refractivity contribution in [1.29, 1.82) is 5.26 Å². The molecule has 1 heterocycles. The molecule has 6 heteroatoms. The third-order valence-electron chi connectivity index (χ3n) is 4.89. The van der Waals surface area contributed by atoms with E-state index in [0.29, 0.717) is 11.5 Å². The quantitative estimate of drug-likeness (QED) is 0.862. The van der Waals surface area contributed by atoms with Crippen LogP contribution in [0.4, 0.5) is 0 Å². The van der Waals surface area contributed by atoms with Crippen molar-refractivity contribution in [2.45, 2.75) is 50.6 Å². The van der Waals surface area contributed by atoms with Crippen LogP contribution in [0.15, 0.2) is 24.5 Å². The molecule has 0 aliphatic heterocycles. The summed E-state index contributed by atoms with van der Waals surface area (Å²) in [5.41, 5.74) is 0.544. The molecule has 1 aromatic rings. The standard InChI is InChI=1S/C18H22N4O2/c19-11-16(12-5-6-12)22-18(24)14-3-1-2-4-15(14)21-17(23)13-7-9-20-10-8-13/h7-10,12,14-16H,1-6H2,(H,21,23)(H,22,24)/t14-,15+,16-/m1/s1. The van der Waals surface area contributed by atoms with Crippen LogP contribution in [0.1, 0.15) is 48.9 Å². The Morgan fingerprint density at radius 3 is 2.54 bits per heavy atom. The zero-order chi connectivity index (χ0) is 16.9. The second-order valence-electron chi connectivity index (χ2n) is 6.66. The first kappa shape index (κ1) is 16.4. The SMILES string of the molecule is N#C[C@@H](NC(=O)[C@@H]1CCCC[C@@H]1NC(=O)c1ccncc1)C1CC1. The molecular weight excluding hydrogens is 304 g/mol. The normalized spacial score (nSPS) is 24.5. The number of nitrogens with zero attached hydrogens (tertiary/aromatic N) is 2. The summed E-state index contributed by atoms with van der Waals surface area (Å²) in [5.74, 6) is -0.249. The Bertz CT molecular complexity index is 636.